The third kappa shape index (κ3) is 5.51. The third-order valence-corrected chi connectivity index (χ3v) is 6.28. The summed E-state index contributed by atoms with van der Waals surface area (Å²) in [7, 11) is 0. The Morgan fingerprint density at radius 3 is 2.65 bits per heavy atom. The van der Waals surface area contributed by atoms with Crippen LogP contribution in [0.15, 0.2) is 87.7 Å². The van der Waals surface area contributed by atoms with Crippen molar-refractivity contribution in [2.75, 3.05) is 5.32 Å². The number of nitrogens with zero attached hydrogens (tertiary/aromatic N) is 1. The first-order valence-electron chi connectivity index (χ1n) is 10.9. The lowest BCUT2D eigenvalue weighted by Crippen LogP contribution is -2.32. The molecule has 0 bridgehead atoms. The van der Waals surface area contributed by atoms with E-state index in [0.29, 0.717) is 49.5 Å². The maximum Gasteiger partial charge on any atom is 0.250 e. The molecule has 0 aliphatic carbocycles. The van der Waals surface area contributed by atoms with Crippen molar-refractivity contribution in [3.05, 3.63) is 94.7 Å². The van der Waals surface area contributed by atoms with Gasteiger partial charge in [0.05, 0.1) is 15.6 Å². The molecule has 3 aromatic carbocycles. The van der Waals surface area contributed by atoms with Gasteiger partial charge in [0.15, 0.2) is 10.7 Å². The lowest BCUT2D eigenvalue weighted by Gasteiger charge is -2.10. The van der Waals surface area contributed by atoms with Crippen molar-refractivity contribution in [1.82, 2.24) is 10.3 Å². The van der Waals surface area contributed by atoms with Gasteiger partial charge in [0, 0.05) is 17.3 Å². The Hall–Kier alpha value is -4.11. The van der Waals surface area contributed by atoms with Crippen LogP contribution in [-0.4, -0.2) is 21.1 Å². The molecule has 1 amide bonds. The number of aromatic nitrogens is 1. The Morgan fingerprint density at radius 2 is 1.81 bits per heavy atom. The van der Waals surface area contributed by atoms with E-state index < -0.39 is 5.91 Å². The van der Waals surface area contributed by atoms with Gasteiger partial charge in [-0.05, 0) is 72.9 Å². The van der Waals surface area contributed by atoms with Crippen LogP contribution in [0.3, 0.4) is 0 Å². The Balaban J connectivity index is 1.23. The summed E-state index contributed by atoms with van der Waals surface area (Å²) in [5, 5.41) is 16.7. The molecule has 3 N–H and O–H groups in total. The largest absolute Gasteiger partial charge is 0.507 e. The number of phenolic OH excluding ortho intramolecular Hbond substituents is 1. The van der Waals surface area contributed by atoms with Crippen molar-refractivity contribution in [1.29, 1.82) is 0 Å². The van der Waals surface area contributed by atoms with Gasteiger partial charge in [-0.15, -0.1) is 0 Å². The Labute approximate surface area is 226 Å². The highest BCUT2D eigenvalue weighted by molar-refractivity contribution is 7.80. The van der Waals surface area contributed by atoms with Crippen molar-refractivity contribution in [3.8, 4) is 28.5 Å². The van der Waals surface area contributed by atoms with Crippen molar-refractivity contribution in [2.24, 2.45) is 0 Å². The zero-order valence-electron chi connectivity index (χ0n) is 18.9. The number of benzene rings is 3. The minimum atomic E-state index is -0.464. The van der Waals surface area contributed by atoms with E-state index in [2.05, 4.69) is 15.6 Å². The molecular formula is C27H17Cl2N3O4S. The van der Waals surface area contributed by atoms with Crippen LogP contribution in [0.4, 0.5) is 5.69 Å². The number of carbonyl (C=O) groups excluding carboxylic acids is 1. The first-order chi connectivity index (χ1) is 17.9. The van der Waals surface area contributed by atoms with Gasteiger partial charge in [0.1, 0.15) is 22.8 Å². The Kier molecular flexibility index (Phi) is 6.96. The lowest BCUT2D eigenvalue weighted by atomic mass is 10.1. The summed E-state index contributed by atoms with van der Waals surface area (Å²) in [4.78, 5) is 16.8. The predicted octanol–water partition coefficient (Wildman–Crippen LogP) is 7.29. The SMILES string of the molecule is O=C(C=Cc1ccc(-c2cccc(Cl)c2Cl)o1)NC(=S)Nc1ccc(O)c(-c2nc3ccccc3o2)c1. The van der Waals surface area contributed by atoms with E-state index in [-0.39, 0.29) is 16.8 Å². The molecule has 0 saturated carbocycles. The molecule has 0 aliphatic heterocycles. The topological polar surface area (TPSA) is 101 Å². The summed E-state index contributed by atoms with van der Waals surface area (Å²) in [6.45, 7) is 0. The predicted molar refractivity (Wildman–Crippen MR) is 149 cm³/mol. The summed E-state index contributed by atoms with van der Waals surface area (Å²) in [5.74, 6) is 0.756. The number of anilines is 1. The standard InChI is InChI=1S/C27H17Cl2N3O4S/c28-19-5-3-4-17(25(19)29)22-12-9-16(35-22)10-13-24(34)32-27(37)30-15-8-11-21(33)18(14-15)26-31-20-6-1-2-7-23(20)36-26/h1-14,33H,(H2,30,32,34,37). The molecule has 5 aromatic rings. The molecule has 5 rings (SSSR count). The quantitative estimate of drug-likeness (QED) is 0.120. The second kappa shape index (κ2) is 10.5. The van der Waals surface area contributed by atoms with Crippen molar-refractivity contribution in [2.45, 2.75) is 0 Å². The fraction of sp³-hybridized carbons (Fsp3) is 0. The third-order valence-electron chi connectivity index (χ3n) is 5.26. The number of furan rings is 1. The van der Waals surface area contributed by atoms with Gasteiger partial charge in [-0.2, -0.15) is 0 Å². The van der Waals surface area contributed by atoms with E-state index in [4.69, 9.17) is 44.3 Å². The average molecular weight is 550 g/mol. The average Bonchev–Trinajstić information content (AvgIpc) is 3.53. The second-order valence-electron chi connectivity index (χ2n) is 7.80. The molecule has 10 heteroatoms. The van der Waals surface area contributed by atoms with E-state index >= 15 is 0 Å². The van der Waals surface area contributed by atoms with Crippen molar-refractivity contribution >= 4 is 69.3 Å². The van der Waals surface area contributed by atoms with Crippen molar-refractivity contribution in [3.63, 3.8) is 0 Å². The zero-order valence-corrected chi connectivity index (χ0v) is 21.2. The number of phenols is 1. The molecule has 0 saturated heterocycles. The molecule has 0 atom stereocenters. The van der Waals surface area contributed by atoms with Gasteiger partial charge < -0.3 is 19.3 Å². The van der Waals surface area contributed by atoms with Gasteiger partial charge in [-0.1, -0.05) is 41.4 Å². The van der Waals surface area contributed by atoms with E-state index in [9.17, 15) is 9.90 Å². The Bertz CT molecular complexity index is 1640. The highest BCUT2D eigenvalue weighted by Gasteiger charge is 2.14. The number of rotatable bonds is 5. The second-order valence-corrected chi connectivity index (χ2v) is 8.99. The van der Waals surface area contributed by atoms with E-state index in [0.717, 1.165) is 0 Å². The van der Waals surface area contributed by atoms with Crippen LogP contribution in [0.5, 0.6) is 5.75 Å². The van der Waals surface area contributed by atoms with Crippen LogP contribution in [0.2, 0.25) is 10.0 Å². The number of aromatic hydroxyl groups is 1. The van der Waals surface area contributed by atoms with E-state index in [1.54, 1.807) is 48.5 Å². The summed E-state index contributed by atoms with van der Waals surface area (Å²) in [6, 6.07) is 20.7. The summed E-state index contributed by atoms with van der Waals surface area (Å²) < 4.78 is 11.5. The molecule has 0 unspecified atom stereocenters. The number of thiocarbonyl (C=S) groups is 1. The number of nitrogens with one attached hydrogen (secondary N) is 2. The van der Waals surface area contributed by atoms with Crippen molar-refractivity contribution < 1.29 is 18.7 Å². The van der Waals surface area contributed by atoms with Gasteiger partial charge in [0.2, 0.25) is 11.8 Å². The van der Waals surface area contributed by atoms with Crippen LogP contribution in [-0.2, 0) is 4.79 Å². The normalized spacial score (nSPS) is 11.2. The minimum absolute atomic E-state index is 0.00753. The number of para-hydroxylation sites is 2. The smallest absolute Gasteiger partial charge is 0.250 e. The zero-order chi connectivity index (χ0) is 25.9. The van der Waals surface area contributed by atoms with Crippen LogP contribution in [0, 0.1) is 0 Å². The first-order valence-corrected chi connectivity index (χ1v) is 12.1. The number of amides is 1. The summed E-state index contributed by atoms with van der Waals surface area (Å²) >= 11 is 17.6. The van der Waals surface area contributed by atoms with Gasteiger partial charge in [-0.3, -0.25) is 10.1 Å². The highest BCUT2D eigenvalue weighted by Crippen LogP contribution is 2.35. The lowest BCUT2D eigenvalue weighted by molar-refractivity contribution is -0.115. The van der Waals surface area contributed by atoms with Crippen LogP contribution < -0.4 is 10.6 Å². The molecule has 2 heterocycles. The minimum Gasteiger partial charge on any atom is -0.507 e. The van der Waals surface area contributed by atoms with Gasteiger partial charge >= 0.3 is 0 Å². The van der Waals surface area contributed by atoms with Gasteiger partial charge in [0.25, 0.3) is 0 Å². The first kappa shape index (κ1) is 24.6. The molecule has 2 aromatic heterocycles. The fourth-order valence-corrected chi connectivity index (χ4v) is 4.14. The number of hydrogen-bond acceptors (Lipinski definition) is 6. The molecule has 37 heavy (non-hydrogen) atoms. The number of carbonyl (C=O) groups is 1. The molecule has 0 fully saturated rings. The molecule has 184 valence electrons. The number of fused-ring (bicyclic) bond motifs is 1. The molecule has 0 aliphatic rings. The van der Waals surface area contributed by atoms with E-state index in [1.165, 1.54) is 18.2 Å². The molecule has 0 spiro atoms. The fourth-order valence-electron chi connectivity index (χ4n) is 3.53. The van der Waals surface area contributed by atoms with Crippen LogP contribution >= 0.6 is 35.4 Å². The molecular weight excluding hydrogens is 533 g/mol. The Morgan fingerprint density at radius 1 is 0.973 bits per heavy atom. The number of halogens is 2. The monoisotopic (exact) mass is 549 g/mol. The summed E-state index contributed by atoms with van der Waals surface area (Å²) in [5.41, 5.74) is 2.82. The molecule has 0 radical (unpaired) electrons. The van der Waals surface area contributed by atoms with Gasteiger partial charge in [-0.25, -0.2) is 4.98 Å². The van der Waals surface area contributed by atoms with Crippen LogP contribution in [0.25, 0.3) is 40.0 Å². The summed E-state index contributed by atoms with van der Waals surface area (Å²) in [6.07, 6.45) is 2.79. The van der Waals surface area contributed by atoms with E-state index in [1.807, 2.05) is 18.2 Å². The van der Waals surface area contributed by atoms with Crippen LogP contribution in [0.1, 0.15) is 5.76 Å². The number of oxazole rings is 1. The number of hydrogen-bond donors (Lipinski definition) is 3. The maximum absolute atomic E-state index is 12.4. The molecule has 7 nitrogen and oxygen atoms in total. The highest BCUT2D eigenvalue weighted by atomic mass is 35.5. The maximum atomic E-state index is 12.4.